The van der Waals surface area contributed by atoms with Crippen molar-refractivity contribution in [3.8, 4) is 0 Å². The third-order valence-corrected chi connectivity index (χ3v) is 6.78. The van der Waals surface area contributed by atoms with Gasteiger partial charge >= 0.3 is 0 Å². The highest BCUT2D eigenvalue weighted by Gasteiger charge is 2.30. The Morgan fingerprint density at radius 3 is 2.69 bits per heavy atom. The molecule has 5 rings (SSSR count). The molecule has 1 fully saturated rings. The van der Waals surface area contributed by atoms with E-state index in [4.69, 9.17) is 0 Å². The first-order chi connectivity index (χ1) is 13.8. The minimum Gasteiger partial charge on any atom is -0.343 e. The molecule has 2 aromatic rings. The molecule has 0 saturated carbocycles. The Hall–Kier alpha value is -1.92. The van der Waals surface area contributed by atoms with Gasteiger partial charge in [-0.2, -0.15) is 0 Å². The molecule has 1 N–H and O–H groups in total. The van der Waals surface area contributed by atoms with Crippen LogP contribution in [0.15, 0.2) is 24.3 Å². The van der Waals surface area contributed by atoms with Crippen LogP contribution in [0.4, 0.5) is 0 Å². The highest BCUT2D eigenvalue weighted by molar-refractivity contribution is 5.85. The molecule has 1 aromatic carbocycles. The number of aryl methyl sites for hydroxylation is 1. The average molecular weight is 416 g/mol. The third-order valence-electron chi connectivity index (χ3n) is 6.78. The minimum atomic E-state index is 0. The molecule has 1 saturated heterocycles. The van der Waals surface area contributed by atoms with Gasteiger partial charge in [0.25, 0.3) is 0 Å². The van der Waals surface area contributed by atoms with Crippen LogP contribution in [-0.2, 0) is 30.7 Å². The van der Waals surface area contributed by atoms with E-state index in [1.807, 2.05) is 0 Å². The Balaban J connectivity index is 0.00000205. The van der Waals surface area contributed by atoms with Crippen molar-refractivity contribution >= 4 is 18.3 Å². The predicted molar refractivity (Wildman–Crippen MR) is 114 cm³/mol. The van der Waals surface area contributed by atoms with E-state index in [-0.39, 0.29) is 12.4 Å². The Morgan fingerprint density at radius 1 is 1.07 bits per heavy atom. The van der Waals surface area contributed by atoms with Gasteiger partial charge in [-0.25, -0.2) is 0 Å². The van der Waals surface area contributed by atoms with Gasteiger partial charge in [0.2, 0.25) is 5.91 Å². The van der Waals surface area contributed by atoms with Crippen LogP contribution in [0, 0.1) is 5.92 Å². The number of amides is 1. The zero-order chi connectivity index (χ0) is 18.9. The summed E-state index contributed by atoms with van der Waals surface area (Å²) in [5, 5.41) is 12.2. The highest BCUT2D eigenvalue weighted by atomic mass is 35.5. The molecule has 1 unspecified atom stereocenters. The van der Waals surface area contributed by atoms with Gasteiger partial charge in [-0.1, -0.05) is 24.3 Å². The van der Waals surface area contributed by atoms with Crippen LogP contribution in [0.5, 0.6) is 0 Å². The van der Waals surface area contributed by atoms with Crippen LogP contribution in [0.1, 0.15) is 54.4 Å². The molecule has 0 radical (unpaired) electrons. The molecule has 0 spiro atoms. The minimum absolute atomic E-state index is 0. The molecule has 1 aliphatic carbocycles. The van der Waals surface area contributed by atoms with Crippen LogP contribution in [0.2, 0.25) is 0 Å². The normalized spacial score (nSPS) is 21.8. The van der Waals surface area contributed by atoms with E-state index in [0.29, 0.717) is 24.2 Å². The number of nitrogens with zero attached hydrogens (tertiary/aromatic N) is 4. The summed E-state index contributed by atoms with van der Waals surface area (Å²) in [6.07, 6.45) is 6.01. The Labute approximate surface area is 178 Å². The lowest BCUT2D eigenvalue weighted by Crippen LogP contribution is -2.40. The molecular formula is C22H30ClN5O. The van der Waals surface area contributed by atoms with Gasteiger partial charge in [-0.05, 0) is 49.1 Å². The summed E-state index contributed by atoms with van der Waals surface area (Å²) in [6, 6.07) is 8.70. The zero-order valence-electron chi connectivity index (χ0n) is 16.8. The predicted octanol–water partition coefficient (Wildman–Crippen LogP) is 2.70. The lowest BCUT2D eigenvalue weighted by atomic mass is 9.82. The molecule has 1 aromatic heterocycles. The number of hydrogen-bond acceptors (Lipinski definition) is 4. The molecule has 1 atom stereocenters. The highest BCUT2D eigenvalue weighted by Crippen LogP contribution is 2.31. The van der Waals surface area contributed by atoms with Crippen LogP contribution < -0.4 is 5.32 Å². The number of carbonyl (C=O) groups excluding carboxylic acids is 1. The number of halogens is 1. The van der Waals surface area contributed by atoms with Crippen LogP contribution >= 0.6 is 12.4 Å². The number of hydrogen-bond donors (Lipinski definition) is 1. The monoisotopic (exact) mass is 415 g/mol. The maximum absolute atomic E-state index is 12.9. The number of rotatable bonds is 3. The van der Waals surface area contributed by atoms with Crippen LogP contribution in [0.3, 0.4) is 0 Å². The van der Waals surface area contributed by atoms with Gasteiger partial charge in [-0.15, -0.1) is 22.6 Å². The van der Waals surface area contributed by atoms with Crippen LogP contribution in [0.25, 0.3) is 0 Å². The maximum Gasteiger partial charge on any atom is 0.222 e. The van der Waals surface area contributed by atoms with E-state index in [0.717, 1.165) is 76.5 Å². The van der Waals surface area contributed by atoms with Gasteiger partial charge in [0.05, 0.1) is 6.54 Å². The number of likely N-dealkylation sites (tertiary alicyclic amines) is 1. The van der Waals surface area contributed by atoms with E-state index >= 15 is 0 Å². The second kappa shape index (κ2) is 8.84. The van der Waals surface area contributed by atoms with E-state index in [2.05, 4.69) is 49.2 Å². The first-order valence-corrected chi connectivity index (χ1v) is 10.7. The largest absolute Gasteiger partial charge is 0.343 e. The average Bonchev–Trinajstić information content (AvgIpc) is 3.18. The van der Waals surface area contributed by atoms with Crippen molar-refractivity contribution in [2.24, 2.45) is 5.92 Å². The standard InChI is InChI=1S/C22H29N5O.ClH/c28-21(14-16-5-6-17-3-1-2-4-19(17)13-16)26-10-7-18(8-11-26)22-25-24-20-15-23-9-12-27(20)22;/h1-4,16,18,23H,5-15H2;1H. The summed E-state index contributed by atoms with van der Waals surface area (Å²) < 4.78 is 2.29. The number of piperidine rings is 1. The Bertz CT molecular complexity index is 859. The molecule has 3 aliphatic rings. The van der Waals surface area contributed by atoms with Gasteiger partial charge < -0.3 is 14.8 Å². The van der Waals surface area contributed by atoms with Crippen molar-refractivity contribution in [2.45, 2.75) is 57.5 Å². The van der Waals surface area contributed by atoms with Crippen molar-refractivity contribution in [3.05, 3.63) is 47.0 Å². The summed E-state index contributed by atoms with van der Waals surface area (Å²) in [5.41, 5.74) is 2.91. The van der Waals surface area contributed by atoms with Crippen molar-refractivity contribution in [1.29, 1.82) is 0 Å². The molecule has 29 heavy (non-hydrogen) atoms. The molecule has 6 nitrogen and oxygen atoms in total. The van der Waals surface area contributed by atoms with Gasteiger partial charge in [0.15, 0.2) is 0 Å². The lowest BCUT2D eigenvalue weighted by Gasteiger charge is -2.33. The maximum atomic E-state index is 12.9. The van der Waals surface area contributed by atoms with Crippen molar-refractivity contribution in [3.63, 3.8) is 0 Å². The van der Waals surface area contributed by atoms with E-state index in [1.54, 1.807) is 0 Å². The Morgan fingerprint density at radius 2 is 1.86 bits per heavy atom. The second-order valence-electron chi connectivity index (χ2n) is 8.54. The van der Waals surface area contributed by atoms with Crippen molar-refractivity contribution in [1.82, 2.24) is 25.0 Å². The molecule has 3 heterocycles. The number of aromatic nitrogens is 3. The molecule has 2 aliphatic heterocycles. The fourth-order valence-electron chi connectivity index (χ4n) is 5.13. The van der Waals surface area contributed by atoms with Gasteiger partial charge in [-0.3, -0.25) is 4.79 Å². The quantitative estimate of drug-likeness (QED) is 0.837. The number of fused-ring (bicyclic) bond motifs is 2. The second-order valence-corrected chi connectivity index (χ2v) is 8.54. The summed E-state index contributed by atoms with van der Waals surface area (Å²) in [6.45, 7) is 4.47. The topological polar surface area (TPSA) is 63.1 Å². The summed E-state index contributed by atoms with van der Waals surface area (Å²) in [4.78, 5) is 15.0. The number of benzene rings is 1. The molecule has 0 bridgehead atoms. The van der Waals surface area contributed by atoms with E-state index in [9.17, 15) is 4.79 Å². The number of nitrogens with one attached hydrogen (secondary N) is 1. The van der Waals surface area contributed by atoms with Crippen molar-refractivity contribution < 1.29 is 4.79 Å². The van der Waals surface area contributed by atoms with Crippen molar-refractivity contribution in [2.75, 3.05) is 19.6 Å². The fraction of sp³-hybridized carbons (Fsp3) is 0.591. The van der Waals surface area contributed by atoms with E-state index in [1.165, 1.54) is 11.1 Å². The number of carbonyl (C=O) groups is 1. The molecule has 7 heteroatoms. The smallest absolute Gasteiger partial charge is 0.222 e. The van der Waals surface area contributed by atoms with E-state index < -0.39 is 0 Å². The molecule has 156 valence electrons. The van der Waals surface area contributed by atoms with Gasteiger partial charge in [0.1, 0.15) is 11.6 Å². The van der Waals surface area contributed by atoms with Gasteiger partial charge in [0, 0.05) is 38.5 Å². The summed E-state index contributed by atoms with van der Waals surface area (Å²) in [5.74, 6) is 3.46. The first-order valence-electron chi connectivity index (χ1n) is 10.7. The lowest BCUT2D eigenvalue weighted by molar-refractivity contribution is -0.133. The third kappa shape index (κ3) is 4.19. The fourth-order valence-corrected chi connectivity index (χ4v) is 5.13. The zero-order valence-corrected chi connectivity index (χ0v) is 17.7. The van der Waals surface area contributed by atoms with Crippen LogP contribution in [-0.4, -0.2) is 45.2 Å². The SMILES string of the molecule is Cl.O=C(CC1CCc2ccccc2C1)N1CCC(c2nnc3n2CCNC3)CC1. The molecule has 1 amide bonds. The first kappa shape index (κ1) is 20.4. The summed E-state index contributed by atoms with van der Waals surface area (Å²) >= 11 is 0. The molecular weight excluding hydrogens is 386 g/mol. The summed E-state index contributed by atoms with van der Waals surface area (Å²) in [7, 11) is 0. The Kier molecular flexibility index (Phi) is 6.20.